The van der Waals surface area contributed by atoms with Crippen molar-refractivity contribution in [3.05, 3.63) is 36.2 Å². The lowest BCUT2D eigenvalue weighted by atomic mass is 10.3. The highest BCUT2D eigenvalue weighted by molar-refractivity contribution is 7.89. The van der Waals surface area contributed by atoms with Crippen LogP contribution in [0.25, 0.3) is 0 Å². The van der Waals surface area contributed by atoms with E-state index in [1.807, 2.05) is 0 Å². The van der Waals surface area contributed by atoms with E-state index < -0.39 is 15.8 Å². The smallest absolute Gasteiger partial charge is 0.238 e. The molecule has 0 atom stereocenters. The molecular weight excluding hydrogens is 265 g/mol. The number of nitrogens with zero attached hydrogens (tertiary/aromatic N) is 2. The van der Waals surface area contributed by atoms with Crippen molar-refractivity contribution in [2.75, 3.05) is 0 Å². The Hall–Kier alpha value is -2.00. The predicted molar refractivity (Wildman–Crippen MR) is 56.4 cm³/mol. The van der Waals surface area contributed by atoms with Crippen LogP contribution >= 0.6 is 0 Å². The summed E-state index contributed by atoms with van der Waals surface area (Å²) >= 11 is 0. The largest absolute Gasteiger partial charge is 0.482 e. The zero-order chi connectivity index (χ0) is 13.2. The second-order valence-electron chi connectivity index (χ2n) is 3.27. The topological polar surface area (TPSA) is 108 Å². The molecule has 0 amide bonds. The molecule has 1 heterocycles. The maximum absolute atomic E-state index is 13.5. The van der Waals surface area contributed by atoms with Crippen LogP contribution in [-0.2, 0) is 16.6 Å². The Balaban J connectivity index is 2.15. The first-order chi connectivity index (χ1) is 8.47. The zero-order valence-corrected chi connectivity index (χ0v) is 9.72. The molecule has 0 aliphatic heterocycles. The van der Waals surface area contributed by atoms with Crippen LogP contribution in [0.2, 0.25) is 0 Å². The molecule has 1 aromatic heterocycles. The van der Waals surface area contributed by atoms with Crippen molar-refractivity contribution in [1.29, 1.82) is 0 Å². The van der Waals surface area contributed by atoms with Gasteiger partial charge in [0.05, 0.1) is 4.90 Å². The van der Waals surface area contributed by atoms with Crippen molar-refractivity contribution in [3.8, 4) is 5.75 Å². The van der Waals surface area contributed by atoms with Gasteiger partial charge in [-0.15, -0.1) is 0 Å². The molecule has 96 valence electrons. The highest BCUT2D eigenvalue weighted by Crippen LogP contribution is 2.20. The van der Waals surface area contributed by atoms with Gasteiger partial charge in [-0.25, -0.2) is 17.9 Å². The van der Waals surface area contributed by atoms with Crippen molar-refractivity contribution in [3.63, 3.8) is 0 Å². The number of halogens is 1. The van der Waals surface area contributed by atoms with Gasteiger partial charge >= 0.3 is 0 Å². The van der Waals surface area contributed by atoms with E-state index in [-0.39, 0.29) is 23.1 Å². The third-order valence-electron chi connectivity index (χ3n) is 2.00. The van der Waals surface area contributed by atoms with Gasteiger partial charge in [0.2, 0.25) is 22.2 Å². The number of aromatic nitrogens is 2. The van der Waals surface area contributed by atoms with Gasteiger partial charge in [0.15, 0.2) is 18.2 Å². The molecule has 2 N–H and O–H groups in total. The first-order valence-electron chi connectivity index (χ1n) is 4.67. The van der Waals surface area contributed by atoms with Gasteiger partial charge in [-0.1, -0.05) is 5.16 Å². The van der Waals surface area contributed by atoms with E-state index in [9.17, 15) is 12.8 Å². The number of sulfonamides is 1. The Bertz CT molecular complexity index is 642. The molecule has 0 fully saturated rings. The van der Waals surface area contributed by atoms with Crippen molar-refractivity contribution in [2.24, 2.45) is 5.14 Å². The molecule has 1 aromatic carbocycles. The van der Waals surface area contributed by atoms with Gasteiger partial charge in [-0.05, 0) is 18.2 Å². The SMILES string of the molecule is NS(=O)(=O)c1ccc(OCc2ncon2)c(F)c1. The van der Waals surface area contributed by atoms with E-state index in [1.165, 1.54) is 0 Å². The van der Waals surface area contributed by atoms with E-state index in [0.717, 1.165) is 24.6 Å². The molecule has 0 spiro atoms. The van der Waals surface area contributed by atoms with E-state index in [4.69, 9.17) is 9.88 Å². The first kappa shape index (κ1) is 12.5. The number of nitrogens with two attached hydrogens (primary N) is 1. The molecular formula is C9H8FN3O4S. The average molecular weight is 273 g/mol. The predicted octanol–water partition coefficient (Wildman–Crippen LogP) is 0.435. The minimum Gasteiger partial charge on any atom is -0.482 e. The molecule has 0 saturated heterocycles. The number of rotatable bonds is 4. The summed E-state index contributed by atoms with van der Waals surface area (Å²) in [5.74, 6) is -0.734. The molecule has 0 bridgehead atoms. The number of hydrogen-bond acceptors (Lipinski definition) is 6. The normalized spacial score (nSPS) is 11.4. The molecule has 0 radical (unpaired) electrons. The lowest BCUT2D eigenvalue weighted by Gasteiger charge is -2.05. The summed E-state index contributed by atoms with van der Waals surface area (Å²) in [5.41, 5.74) is 0. The van der Waals surface area contributed by atoms with Gasteiger partial charge in [0.1, 0.15) is 0 Å². The molecule has 0 aliphatic carbocycles. The van der Waals surface area contributed by atoms with Crippen LogP contribution in [0.3, 0.4) is 0 Å². The fourth-order valence-electron chi connectivity index (χ4n) is 1.17. The van der Waals surface area contributed by atoms with Crippen LogP contribution in [0.4, 0.5) is 4.39 Å². The van der Waals surface area contributed by atoms with E-state index >= 15 is 0 Å². The summed E-state index contributed by atoms with van der Waals surface area (Å²) in [6.07, 6.45) is 1.11. The molecule has 2 rings (SSSR count). The Kier molecular flexibility index (Phi) is 3.26. The van der Waals surface area contributed by atoms with Crippen LogP contribution < -0.4 is 9.88 Å². The molecule has 0 unspecified atom stereocenters. The van der Waals surface area contributed by atoms with Crippen LogP contribution in [-0.4, -0.2) is 18.6 Å². The van der Waals surface area contributed by atoms with Crippen molar-refractivity contribution >= 4 is 10.0 Å². The van der Waals surface area contributed by atoms with Crippen LogP contribution in [0.15, 0.2) is 34.0 Å². The third-order valence-corrected chi connectivity index (χ3v) is 2.91. The highest BCUT2D eigenvalue weighted by atomic mass is 32.2. The standard InChI is InChI=1S/C9H8FN3O4S/c10-7-3-6(18(11,14)15)1-2-8(7)16-4-9-12-5-17-13-9/h1-3,5H,4H2,(H2,11,14,15). The summed E-state index contributed by atoms with van der Waals surface area (Å²) in [6, 6.07) is 3.08. The van der Waals surface area contributed by atoms with Crippen LogP contribution in [0, 0.1) is 5.82 Å². The quantitative estimate of drug-likeness (QED) is 0.865. The minimum absolute atomic E-state index is 0.0951. The molecule has 9 heteroatoms. The van der Waals surface area contributed by atoms with Gasteiger partial charge in [-0.3, -0.25) is 0 Å². The Morgan fingerprint density at radius 2 is 2.22 bits per heavy atom. The second kappa shape index (κ2) is 4.70. The van der Waals surface area contributed by atoms with Crippen molar-refractivity contribution in [2.45, 2.75) is 11.5 Å². The monoisotopic (exact) mass is 273 g/mol. The van der Waals surface area contributed by atoms with Crippen LogP contribution in [0.5, 0.6) is 5.75 Å². The number of ether oxygens (including phenoxy) is 1. The fraction of sp³-hybridized carbons (Fsp3) is 0.111. The molecule has 2 aromatic rings. The van der Waals surface area contributed by atoms with Crippen LogP contribution in [0.1, 0.15) is 5.82 Å². The molecule has 0 aliphatic rings. The number of benzene rings is 1. The Morgan fingerprint density at radius 3 is 2.78 bits per heavy atom. The van der Waals surface area contributed by atoms with Gasteiger partial charge in [-0.2, -0.15) is 4.98 Å². The van der Waals surface area contributed by atoms with Crippen molar-refractivity contribution in [1.82, 2.24) is 10.1 Å². The summed E-state index contributed by atoms with van der Waals surface area (Å²) in [6.45, 7) is -0.0951. The Morgan fingerprint density at radius 1 is 1.44 bits per heavy atom. The zero-order valence-electron chi connectivity index (χ0n) is 8.91. The molecule has 18 heavy (non-hydrogen) atoms. The Labute approximate surface area is 101 Å². The fourth-order valence-corrected chi connectivity index (χ4v) is 1.70. The van der Waals surface area contributed by atoms with E-state index in [1.54, 1.807) is 0 Å². The first-order valence-corrected chi connectivity index (χ1v) is 6.22. The van der Waals surface area contributed by atoms with Gasteiger partial charge in [0, 0.05) is 0 Å². The second-order valence-corrected chi connectivity index (χ2v) is 4.83. The lowest BCUT2D eigenvalue weighted by Crippen LogP contribution is -2.12. The summed E-state index contributed by atoms with van der Waals surface area (Å²) in [4.78, 5) is 3.35. The van der Waals surface area contributed by atoms with Crippen molar-refractivity contribution < 1.29 is 22.1 Å². The minimum atomic E-state index is -3.94. The summed E-state index contributed by atoms with van der Waals surface area (Å²) in [5, 5.41) is 8.33. The van der Waals surface area contributed by atoms with E-state index in [2.05, 4.69) is 14.7 Å². The summed E-state index contributed by atoms with van der Waals surface area (Å²) < 4.78 is 45.0. The van der Waals surface area contributed by atoms with Gasteiger partial charge < -0.3 is 9.26 Å². The number of hydrogen-bond donors (Lipinski definition) is 1. The highest BCUT2D eigenvalue weighted by Gasteiger charge is 2.12. The molecule has 7 nitrogen and oxygen atoms in total. The van der Waals surface area contributed by atoms with E-state index in [0.29, 0.717) is 0 Å². The maximum Gasteiger partial charge on any atom is 0.238 e. The lowest BCUT2D eigenvalue weighted by molar-refractivity contribution is 0.273. The third kappa shape index (κ3) is 2.81. The average Bonchev–Trinajstić information content (AvgIpc) is 2.79. The van der Waals surface area contributed by atoms with Gasteiger partial charge in [0.25, 0.3) is 0 Å². The maximum atomic E-state index is 13.5. The summed E-state index contributed by atoms with van der Waals surface area (Å²) in [7, 11) is -3.94. The molecule has 0 saturated carbocycles. The number of primary sulfonamides is 1.